The molecule has 1 fully saturated rings. The minimum absolute atomic E-state index is 0.245. The molecular formula is C22H28F6O3. The standard InChI is InChI=1S/C22H28F6O3/c1-15-16(13-17(29)14-18(15)30)9-6-4-5-7-10-19(2,3)11-8-12-20(31,21(23,24)25)22(26,27)28/h4,6,9,17-18,29-31H,1,5,7,10-11,13-14H2,2-3H3/t17-,18+/m1/s1. The van der Waals surface area contributed by atoms with Crippen molar-refractivity contribution in [3.63, 3.8) is 0 Å². The molecule has 176 valence electrons. The summed E-state index contributed by atoms with van der Waals surface area (Å²) in [6.07, 6.45) is -5.85. The summed E-state index contributed by atoms with van der Waals surface area (Å²) in [7, 11) is 0. The Labute approximate surface area is 178 Å². The first-order valence-electron chi connectivity index (χ1n) is 9.77. The third-order valence-electron chi connectivity index (χ3n) is 5.08. The normalized spacial score (nSPS) is 22.7. The second kappa shape index (κ2) is 10.2. The molecule has 1 aliphatic carbocycles. The monoisotopic (exact) mass is 454 g/mol. The highest BCUT2D eigenvalue weighted by molar-refractivity contribution is 5.37. The molecule has 1 aliphatic rings. The van der Waals surface area contributed by atoms with E-state index in [9.17, 15) is 36.6 Å². The predicted octanol–water partition coefficient (Wildman–Crippen LogP) is 4.99. The average Bonchev–Trinajstić information content (AvgIpc) is 2.59. The molecule has 0 aromatic carbocycles. The first kappa shape index (κ1) is 27.3. The van der Waals surface area contributed by atoms with Gasteiger partial charge in [0.05, 0.1) is 12.2 Å². The van der Waals surface area contributed by atoms with Gasteiger partial charge in [-0.15, -0.1) is 0 Å². The van der Waals surface area contributed by atoms with Crippen LogP contribution in [0.25, 0.3) is 0 Å². The van der Waals surface area contributed by atoms with Gasteiger partial charge in [-0.1, -0.05) is 44.6 Å². The summed E-state index contributed by atoms with van der Waals surface area (Å²) in [5.74, 6) is 2.84. The minimum atomic E-state index is -5.95. The highest BCUT2D eigenvalue weighted by atomic mass is 19.4. The molecule has 1 saturated carbocycles. The molecule has 2 atom stereocenters. The van der Waals surface area contributed by atoms with E-state index in [-0.39, 0.29) is 12.8 Å². The van der Waals surface area contributed by atoms with Gasteiger partial charge < -0.3 is 15.3 Å². The molecule has 0 spiro atoms. The Morgan fingerprint density at radius 1 is 1.10 bits per heavy atom. The van der Waals surface area contributed by atoms with Crippen LogP contribution in [0.3, 0.4) is 0 Å². The molecule has 0 unspecified atom stereocenters. The number of aliphatic hydroxyl groups is 3. The Hall–Kier alpha value is -1.76. The number of hydrogen-bond acceptors (Lipinski definition) is 3. The Bertz CT molecular complexity index is 736. The van der Waals surface area contributed by atoms with Crippen LogP contribution in [0, 0.1) is 17.3 Å². The number of allylic oxidation sites excluding steroid dienone is 3. The van der Waals surface area contributed by atoms with Crippen LogP contribution >= 0.6 is 0 Å². The summed E-state index contributed by atoms with van der Waals surface area (Å²) in [4.78, 5) is 0. The second-order valence-corrected chi connectivity index (χ2v) is 8.50. The lowest BCUT2D eigenvalue weighted by molar-refractivity contribution is -0.343. The summed E-state index contributed by atoms with van der Waals surface area (Å²) in [5, 5.41) is 28.5. The van der Waals surface area contributed by atoms with E-state index in [1.54, 1.807) is 26.0 Å². The van der Waals surface area contributed by atoms with E-state index in [1.165, 1.54) is 0 Å². The maximum Gasteiger partial charge on any atom is 0.438 e. The van der Waals surface area contributed by atoms with Gasteiger partial charge in [-0.3, -0.25) is 0 Å². The van der Waals surface area contributed by atoms with Crippen LogP contribution in [0.2, 0.25) is 0 Å². The zero-order chi connectivity index (χ0) is 24.1. The van der Waals surface area contributed by atoms with E-state index in [0.717, 1.165) is 11.5 Å². The van der Waals surface area contributed by atoms with Crippen LogP contribution in [-0.4, -0.2) is 45.5 Å². The lowest BCUT2D eigenvalue weighted by atomic mass is 9.83. The highest BCUT2D eigenvalue weighted by Gasteiger charge is 2.70. The number of aliphatic hydroxyl groups excluding tert-OH is 2. The van der Waals surface area contributed by atoms with E-state index in [0.29, 0.717) is 31.3 Å². The van der Waals surface area contributed by atoms with Gasteiger partial charge in [0.15, 0.2) is 0 Å². The zero-order valence-corrected chi connectivity index (χ0v) is 17.4. The fraction of sp³-hybridized carbons (Fsp3) is 0.636. The smallest absolute Gasteiger partial charge is 0.393 e. The lowest BCUT2D eigenvalue weighted by Crippen LogP contribution is -2.55. The molecule has 0 radical (unpaired) electrons. The number of halogens is 6. The summed E-state index contributed by atoms with van der Waals surface area (Å²) >= 11 is 0. The van der Waals surface area contributed by atoms with Crippen molar-refractivity contribution >= 4 is 0 Å². The first-order valence-corrected chi connectivity index (χ1v) is 9.77. The Morgan fingerprint density at radius 3 is 2.23 bits per heavy atom. The molecular weight excluding hydrogens is 426 g/mol. The summed E-state index contributed by atoms with van der Waals surface area (Å²) in [6.45, 7) is 7.14. The Morgan fingerprint density at radius 2 is 1.68 bits per heavy atom. The van der Waals surface area contributed by atoms with Gasteiger partial charge in [-0.05, 0) is 48.2 Å². The fourth-order valence-corrected chi connectivity index (χ4v) is 3.04. The summed E-state index contributed by atoms with van der Waals surface area (Å²) in [6, 6.07) is 0. The molecule has 0 bridgehead atoms. The van der Waals surface area contributed by atoms with E-state index in [1.807, 2.05) is 12.0 Å². The third-order valence-corrected chi connectivity index (χ3v) is 5.08. The fourth-order valence-electron chi connectivity index (χ4n) is 3.04. The van der Waals surface area contributed by atoms with Crippen LogP contribution in [0.5, 0.6) is 0 Å². The van der Waals surface area contributed by atoms with E-state index in [2.05, 4.69) is 6.58 Å². The number of alkyl halides is 6. The van der Waals surface area contributed by atoms with Crippen LogP contribution < -0.4 is 0 Å². The maximum absolute atomic E-state index is 12.6. The Balaban J connectivity index is 2.60. The topological polar surface area (TPSA) is 60.7 Å². The largest absolute Gasteiger partial charge is 0.438 e. The second-order valence-electron chi connectivity index (χ2n) is 8.50. The average molecular weight is 454 g/mol. The zero-order valence-electron chi connectivity index (χ0n) is 17.4. The molecule has 3 N–H and O–H groups in total. The van der Waals surface area contributed by atoms with Gasteiger partial charge in [-0.2, -0.15) is 26.3 Å². The van der Waals surface area contributed by atoms with Gasteiger partial charge in [0, 0.05) is 12.8 Å². The van der Waals surface area contributed by atoms with Crippen molar-refractivity contribution in [3.05, 3.63) is 36.0 Å². The van der Waals surface area contributed by atoms with Crippen LogP contribution in [0.4, 0.5) is 26.3 Å². The van der Waals surface area contributed by atoms with Crippen molar-refractivity contribution in [2.45, 2.75) is 82.5 Å². The number of unbranched alkanes of at least 4 members (excludes halogenated alkanes) is 1. The molecule has 0 heterocycles. The van der Waals surface area contributed by atoms with Crippen molar-refractivity contribution < 1.29 is 41.7 Å². The van der Waals surface area contributed by atoms with E-state index >= 15 is 0 Å². The van der Waals surface area contributed by atoms with Crippen molar-refractivity contribution in [2.24, 2.45) is 5.41 Å². The molecule has 9 heteroatoms. The highest BCUT2D eigenvalue weighted by Crippen LogP contribution is 2.42. The molecule has 3 nitrogen and oxygen atoms in total. The predicted molar refractivity (Wildman–Crippen MR) is 105 cm³/mol. The van der Waals surface area contributed by atoms with Crippen LogP contribution in [0.15, 0.2) is 36.0 Å². The van der Waals surface area contributed by atoms with Gasteiger partial charge in [0.1, 0.15) is 0 Å². The quantitative estimate of drug-likeness (QED) is 0.301. The molecule has 0 aromatic rings. The van der Waals surface area contributed by atoms with Crippen LogP contribution in [-0.2, 0) is 0 Å². The lowest BCUT2D eigenvalue weighted by Gasteiger charge is -2.27. The third kappa shape index (κ3) is 7.70. The van der Waals surface area contributed by atoms with Crippen LogP contribution in [0.1, 0.15) is 52.4 Å². The summed E-state index contributed by atoms with van der Waals surface area (Å²) in [5.41, 5.74) is -4.38. The van der Waals surface area contributed by atoms with Crippen molar-refractivity contribution in [1.82, 2.24) is 0 Å². The van der Waals surface area contributed by atoms with Crippen molar-refractivity contribution in [3.8, 4) is 11.8 Å². The molecule has 0 amide bonds. The van der Waals surface area contributed by atoms with Gasteiger partial charge in [0.2, 0.25) is 0 Å². The molecule has 0 aromatic heterocycles. The number of rotatable bonds is 6. The number of hydrogen-bond donors (Lipinski definition) is 3. The van der Waals surface area contributed by atoms with Crippen molar-refractivity contribution in [2.75, 3.05) is 0 Å². The van der Waals surface area contributed by atoms with E-state index in [4.69, 9.17) is 5.11 Å². The molecule has 0 saturated heterocycles. The van der Waals surface area contributed by atoms with Crippen molar-refractivity contribution in [1.29, 1.82) is 0 Å². The minimum Gasteiger partial charge on any atom is -0.393 e. The maximum atomic E-state index is 12.6. The van der Waals surface area contributed by atoms with Gasteiger partial charge in [0.25, 0.3) is 0 Å². The molecule has 0 aliphatic heterocycles. The summed E-state index contributed by atoms with van der Waals surface area (Å²) < 4.78 is 75.7. The SMILES string of the molecule is C=C1C(=CC=CCCCC(C)(C)CC#CC(O)(C(F)(F)F)C(F)(F)F)C[C@@H](O)C[C@@H]1O. The van der Waals surface area contributed by atoms with E-state index < -0.39 is 35.6 Å². The molecule has 31 heavy (non-hydrogen) atoms. The van der Waals surface area contributed by atoms with Gasteiger partial charge in [-0.25, -0.2) is 0 Å². The Kier molecular flexibility index (Phi) is 9.01. The first-order chi connectivity index (χ1) is 14.0. The van der Waals surface area contributed by atoms with Gasteiger partial charge >= 0.3 is 18.0 Å². The molecule has 1 rings (SSSR count).